The van der Waals surface area contributed by atoms with E-state index in [9.17, 15) is 28.6 Å². The van der Waals surface area contributed by atoms with Gasteiger partial charge in [-0.15, -0.1) is 0 Å². The summed E-state index contributed by atoms with van der Waals surface area (Å²) in [6.45, 7) is 0. The fourth-order valence-electron chi connectivity index (χ4n) is 2.85. The van der Waals surface area contributed by atoms with Crippen molar-refractivity contribution in [2.24, 2.45) is 5.10 Å². The molecule has 12 nitrogen and oxygen atoms in total. The summed E-state index contributed by atoms with van der Waals surface area (Å²) < 4.78 is 28.3. The molecule has 0 aliphatic carbocycles. The normalized spacial score (nSPS) is 11.2. The first kappa shape index (κ1) is 24.4. The molecule has 0 unspecified atom stereocenters. The Morgan fingerprint density at radius 3 is 2.29 bits per heavy atom. The smallest absolute Gasteiger partial charge is 0.292 e. The zero-order valence-electron chi connectivity index (χ0n) is 17.4. The van der Waals surface area contributed by atoms with Gasteiger partial charge in [0.15, 0.2) is 0 Å². The third kappa shape index (κ3) is 5.57. The van der Waals surface area contributed by atoms with Gasteiger partial charge >= 0.3 is 0 Å². The Morgan fingerprint density at radius 2 is 1.65 bits per heavy atom. The van der Waals surface area contributed by atoms with E-state index in [4.69, 9.17) is 11.6 Å². The van der Waals surface area contributed by atoms with E-state index in [0.29, 0.717) is 11.3 Å². The van der Waals surface area contributed by atoms with Gasteiger partial charge in [-0.05, 0) is 24.3 Å². The van der Waals surface area contributed by atoms with Crippen LogP contribution in [0, 0.1) is 20.2 Å². The predicted molar refractivity (Wildman–Crippen MR) is 129 cm³/mol. The Kier molecular flexibility index (Phi) is 7.28. The number of nitrogens with zero attached hydrogens (tertiary/aromatic N) is 3. The van der Waals surface area contributed by atoms with Crippen LogP contribution in [-0.4, -0.2) is 31.5 Å². The molecule has 0 spiro atoms. The van der Waals surface area contributed by atoms with E-state index in [1.807, 2.05) is 0 Å². The number of non-ortho nitro benzene ring substituents is 1. The van der Waals surface area contributed by atoms with Crippen molar-refractivity contribution in [3.05, 3.63) is 91.5 Å². The topological polar surface area (TPSA) is 169 Å². The minimum Gasteiger partial charge on any atom is -0.383 e. The highest BCUT2D eigenvalue weighted by Crippen LogP contribution is 2.30. The molecule has 14 heteroatoms. The molecular weight excluding hydrogens is 488 g/mol. The number of hydrogen-bond acceptors (Lipinski definition) is 9. The number of para-hydroxylation sites is 1. The summed E-state index contributed by atoms with van der Waals surface area (Å²) in [7, 11) is -2.77. The van der Waals surface area contributed by atoms with Crippen LogP contribution in [0.2, 0.25) is 5.02 Å². The van der Waals surface area contributed by atoms with Crippen molar-refractivity contribution in [2.75, 3.05) is 22.5 Å². The zero-order chi connectivity index (χ0) is 24.9. The molecule has 0 aromatic heterocycles. The van der Waals surface area contributed by atoms with E-state index in [1.165, 1.54) is 36.5 Å². The molecule has 3 aromatic rings. The number of sulfonamides is 1. The second-order valence-electron chi connectivity index (χ2n) is 6.68. The summed E-state index contributed by atoms with van der Waals surface area (Å²) >= 11 is 6.02. The maximum atomic E-state index is 13.0. The number of nitrogens with one attached hydrogen (secondary N) is 3. The van der Waals surface area contributed by atoms with Gasteiger partial charge in [0.1, 0.15) is 10.6 Å². The molecule has 34 heavy (non-hydrogen) atoms. The van der Waals surface area contributed by atoms with Gasteiger partial charge in [0.05, 0.1) is 32.5 Å². The molecule has 0 aliphatic rings. The Labute approximate surface area is 198 Å². The van der Waals surface area contributed by atoms with Crippen LogP contribution >= 0.6 is 11.6 Å². The fraction of sp³-hybridized carbons (Fsp3) is 0.0500. The first-order valence-electron chi connectivity index (χ1n) is 9.43. The number of hydrogen-bond donors (Lipinski definition) is 3. The highest BCUT2D eigenvalue weighted by atomic mass is 35.5. The molecule has 0 saturated carbocycles. The zero-order valence-corrected chi connectivity index (χ0v) is 19.0. The highest BCUT2D eigenvalue weighted by Gasteiger charge is 2.23. The van der Waals surface area contributed by atoms with Crippen molar-refractivity contribution in [1.82, 2.24) is 0 Å². The minimum atomic E-state index is -4.32. The van der Waals surface area contributed by atoms with Crippen LogP contribution in [-0.2, 0) is 10.0 Å². The van der Waals surface area contributed by atoms with Crippen molar-refractivity contribution < 1.29 is 18.3 Å². The van der Waals surface area contributed by atoms with Gasteiger partial charge in [0.2, 0.25) is 0 Å². The first-order valence-corrected chi connectivity index (χ1v) is 11.3. The SMILES string of the molecule is CNc1ccc(C=NNc2ccc([N+](=O)[O-])cc2S(=O)(=O)Nc2ccccc2Cl)cc1[N+](=O)[O-]. The van der Waals surface area contributed by atoms with E-state index in [-0.39, 0.29) is 22.1 Å². The molecule has 0 radical (unpaired) electrons. The molecular formula is C20H17ClN6O6S. The van der Waals surface area contributed by atoms with Crippen LogP contribution in [0.4, 0.5) is 28.4 Å². The molecule has 3 N–H and O–H groups in total. The lowest BCUT2D eigenvalue weighted by atomic mass is 10.2. The van der Waals surface area contributed by atoms with Crippen LogP contribution in [0.5, 0.6) is 0 Å². The van der Waals surface area contributed by atoms with Gasteiger partial charge in [-0.2, -0.15) is 5.10 Å². The minimum absolute atomic E-state index is 0.0669. The third-order valence-corrected chi connectivity index (χ3v) is 6.21. The van der Waals surface area contributed by atoms with Crippen LogP contribution in [0.25, 0.3) is 0 Å². The van der Waals surface area contributed by atoms with Gasteiger partial charge in [-0.1, -0.05) is 29.8 Å². The fourth-order valence-corrected chi connectivity index (χ4v) is 4.35. The maximum absolute atomic E-state index is 13.0. The number of rotatable bonds is 9. The Morgan fingerprint density at radius 1 is 0.941 bits per heavy atom. The molecule has 0 bridgehead atoms. The van der Waals surface area contributed by atoms with E-state index in [2.05, 4.69) is 20.6 Å². The molecule has 0 aliphatic heterocycles. The summed E-state index contributed by atoms with van der Waals surface area (Å²) in [4.78, 5) is 20.7. The standard InChI is InChI=1S/C20H17ClN6O6S/c1-22-17-8-6-13(10-19(17)27(30)31)12-23-24-18-9-7-14(26(28)29)11-20(18)34(32,33)25-16-5-3-2-4-15(16)21/h2-12,22,24-25H,1H3. The van der Waals surface area contributed by atoms with Crippen LogP contribution in [0.3, 0.4) is 0 Å². The number of hydrazone groups is 1. The van der Waals surface area contributed by atoms with Crippen LogP contribution in [0.15, 0.2) is 70.7 Å². The summed E-state index contributed by atoms with van der Waals surface area (Å²) in [6.07, 6.45) is 1.24. The van der Waals surface area contributed by atoms with E-state index in [0.717, 1.165) is 12.1 Å². The van der Waals surface area contributed by atoms with Gasteiger partial charge in [0, 0.05) is 30.8 Å². The maximum Gasteiger partial charge on any atom is 0.292 e. The second kappa shape index (κ2) is 10.1. The number of anilines is 3. The molecule has 0 amide bonds. The Balaban J connectivity index is 1.95. The number of nitro benzene ring substituents is 2. The Bertz CT molecular complexity index is 1400. The van der Waals surface area contributed by atoms with Crippen molar-refractivity contribution in [3.63, 3.8) is 0 Å². The van der Waals surface area contributed by atoms with Crippen molar-refractivity contribution in [1.29, 1.82) is 0 Å². The number of nitro groups is 2. The monoisotopic (exact) mass is 504 g/mol. The largest absolute Gasteiger partial charge is 0.383 e. The number of halogens is 1. The predicted octanol–water partition coefficient (Wildman–Crippen LogP) is 4.44. The van der Waals surface area contributed by atoms with Crippen LogP contribution in [0.1, 0.15) is 5.56 Å². The first-order chi connectivity index (χ1) is 16.1. The van der Waals surface area contributed by atoms with Crippen LogP contribution < -0.4 is 15.5 Å². The van der Waals surface area contributed by atoms with E-state index < -0.39 is 30.5 Å². The molecule has 0 fully saturated rings. The van der Waals surface area contributed by atoms with Crippen molar-refractivity contribution >= 4 is 56.3 Å². The Hall–Kier alpha value is -4.23. The molecule has 3 rings (SSSR count). The summed E-state index contributed by atoms with van der Waals surface area (Å²) in [5, 5.41) is 29.2. The lowest BCUT2D eigenvalue weighted by molar-refractivity contribution is -0.385. The van der Waals surface area contributed by atoms with Gasteiger partial charge in [0.25, 0.3) is 21.4 Å². The van der Waals surface area contributed by atoms with Gasteiger partial charge < -0.3 is 5.32 Å². The molecule has 3 aromatic carbocycles. The molecule has 0 atom stereocenters. The third-order valence-electron chi connectivity index (χ3n) is 4.47. The summed E-state index contributed by atoms with van der Waals surface area (Å²) in [5.41, 5.74) is 2.59. The van der Waals surface area contributed by atoms with Gasteiger partial charge in [-0.25, -0.2) is 8.42 Å². The van der Waals surface area contributed by atoms with Gasteiger partial charge in [-0.3, -0.25) is 30.4 Å². The molecule has 0 heterocycles. The van der Waals surface area contributed by atoms with E-state index in [1.54, 1.807) is 25.2 Å². The molecule has 176 valence electrons. The average molecular weight is 505 g/mol. The second-order valence-corrected chi connectivity index (χ2v) is 8.73. The summed E-state index contributed by atoms with van der Waals surface area (Å²) in [5.74, 6) is 0. The summed E-state index contributed by atoms with van der Waals surface area (Å²) in [6, 6.07) is 13.6. The lowest BCUT2D eigenvalue weighted by Gasteiger charge is -2.13. The van der Waals surface area contributed by atoms with E-state index >= 15 is 0 Å². The average Bonchev–Trinajstić information content (AvgIpc) is 2.80. The lowest BCUT2D eigenvalue weighted by Crippen LogP contribution is -2.15. The quantitative estimate of drug-likeness (QED) is 0.218. The van der Waals surface area contributed by atoms with Crippen molar-refractivity contribution in [2.45, 2.75) is 4.90 Å². The number of benzene rings is 3. The highest BCUT2D eigenvalue weighted by molar-refractivity contribution is 7.93. The van der Waals surface area contributed by atoms with Crippen molar-refractivity contribution in [3.8, 4) is 0 Å². The molecule has 0 saturated heterocycles.